The molecule has 0 aliphatic carbocycles. The summed E-state index contributed by atoms with van der Waals surface area (Å²) in [6.45, 7) is 1.08. The van der Waals surface area contributed by atoms with Crippen LogP contribution in [0.25, 0.3) is 0 Å². The average Bonchev–Trinajstić information content (AvgIpc) is 2.29. The lowest BCUT2D eigenvalue weighted by Crippen LogP contribution is -2.47. The van der Waals surface area contributed by atoms with Crippen LogP contribution in [0.15, 0.2) is 0 Å². The highest BCUT2D eigenvalue weighted by Gasteiger charge is 2.50. The van der Waals surface area contributed by atoms with E-state index < -0.39 is 18.3 Å². The number of carbonyl (C=O) groups is 1. The van der Waals surface area contributed by atoms with Crippen LogP contribution in [-0.4, -0.2) is 50.0 Å². The molecule has 100 valence electrons. The van der Waals surface area contributed by atoms with Crippen molar-refractivity contribution in [1.29, 1.82) is 0 Å². The second-order valence-corrected chi connectivity index (χ2v) is 4.17. The molecule has 1 amide bonds. The van der Waals surface area contributed by atoms with Crippen LogP contribution in [0.4, 0.5) is 17.6 Å². The SMILES string of the molecule is CN(CC1CCOCC1)C(=O)C(F)(F)C(F)F. The van der Waals surface area contributed by atoms with Gasteiger partial charge in [0.2, 0.25) is 0 Å². The Morgan fingerprint density at radius 3 is 2.41 bits per heavy atom. The van der Waals surface area contributed by atoms with Crippen molar-refractivity contribution in [2.24, 2.45) is 5.92 Å². The van der Waals surface area contributed by atoms with Crippen molar-refractivity contribution < 1.29 is 27.1 Å². The first-order chi connectivity index (χ1) is 7.85. The smallest absolute Gasteiger partial charge is 0.381 e. The standard InChI is InChI=1S/C10H15F4NO2/c1-15(6-7-2-4-17-5-3-7)9(16)10(13,14)8(11)12/h7-8H,2-6H2,1H3. The number of rotatable bonds is 4. The number of hydrogen-bond donors (Lipinski definition) is 0. The van der Waals surface area contributed by atoms with Crippen molar-refractivity contribution in [3.8, 4) is 0 Å². The van der Waals surface area contributed by atoms with Crippen LogP contribution in [0.2, 0.25) is 0 Å². The average molecular weight is 257 g/mol. The molecule has 3 nitrogen and oxygen atoms in total. The number of halogens is 4. The first kappa shape index (κ1) is 14.2. The van der Waals surface area contributed by atoms with E-state index in [1.165, 1.54) is 0 Å². The Labute approximate surface area is 96.7 Å². The highest BCUT2D eigenvalue weighted by molar-refractivity contribution is 5.83. The van der Waals surface area contributed by atoms with Crippen molar-refractivity contribution in [1.82, 2.24) is 4.90 Å². The summed E-state index contributed by atoms with van der Waals surface area (Å²) in [5.41, 5.74) is 0. The van der Waals surface area contributed by atoms with E-state index >= 15 is 0 Å². The predicted molar refractivity (Wildman–Crippen MR) is 52.1 cm³/mol. The quantitative estimate of drug-likeness (QED) is 0.718. The van der Waals surface area contributed by atoms with Gasteiger partial charge in [-0.05, 0) is 18.8 Å². The maximum atomic E-state index is 12.8. The summed E-state index contributed by atoms with van der Waals surface area (Å²) in [6.07, 6.45) is -2.66. The molecule has 0 aromatic heterocycles. The molecule has 1 rings (SSSR count). The Bertz CT molecular complexity index is 267. The van der Waals surface area contributed by atoms with Gasteiger partial charge in [0.1, 0.15) is 0 Å². The van der Waals surface area contributed by atoms with Gasteiger partial charge in [0.05, 0.1) is 0 Å². The molecule has 17 heavy (non-hydrogen) atoms. The topological polar surface area (TPSA) is 29.5 Å². The zero-order valence-corrected chi connectivity index (χ0v) is 9.47. The normalized spacial score (nSPS) is 18.5. The number of alkyl halides is 4. The highest BCUT2D eigenvalue weighted by atomic mass is 19.3. The molecule has 0 atom stereocenters. The fourth-order valence-electron chi connectivity index (χ4n) is 1.75. The van der Waals surface area contributed by atoms with Crippen LogP contribution in [0.3, 0.4) is 0 Å². The van der Waals surface area contributed by atoms with Crippen LogP contribution in [0.5, 0.6) is 0 Å². The first-order valence-corrected chi connectivity index (χ1v) is 5.35. The lowest BCUT2D eigenvalue weighted by atomic mass is 10.00. The van der Waals surface area contributed by atoms with Crippen LogP contribution in [-0.2, 0) is 9.53 Å². The van der Waals surface area contributed by atoms with E-state index in [1.54, 1.807) is 0 Å². The third kappa shape index (κ3) is 3.55. The molecule has 0 saturated carbocycles. The maximum absolute atomic E-state index is 12.8. The Morgan fingerprint density at radius 2 is 1.94 bits per heavy atom. The Balaban J connectivity index is 2.51. The van der Waals surface area contributed by atoms with Gasteiger partial charge in [0.15, 0.2) is 0 Å². The van der Waals surface area contributed by atoms with Gasteiger partial charge < -0.3 is 9.64 Å². The number of nitrogens with zero attached hydrogens (tertiary/aromatic N) is 1. The van der Waals surface area contributed by atoms with E-state index in [4.69, 9.17) is 4.74 Å². The van der Waals surface area contributed by atoms with Gasteiger partial charge in [0, 0.05) is 26.8 Å². The van der Waals surface area contributed by atoms with Crippen LogP contribution in [0.1, 0.15) is 12.8 Å². The summed E-state index contributed by atoms with van der Waals surface area (Å²) < 4.78 is 54.6. The molecule has 7 heteroatoms. The van der Waals surface area contributed by atoms with E-state index in [0.717, 1.165) is 7.05 Å². The molecule has 0 unspecified atom stereocenters. The maximum Gasteiger partial charge on any atom is 0.383 e. The van der Waals surface area contributed by atoms with Gasteiger partial charge in [-0.15, -0.1) is 0 Å². The second kappa shape index (κ2) is 5.66. The summed E-state index contributed by atoms with van der Waals surface area (Å²) in [6, 6.07) is 0. The van der Waals surface area contributed by atoms with Crippen molar-refractivity contribution >= 4 is 5.91 Å². The largest absolute Gasteiger partial charge is 0.383 e. The summed E-state index contributed by atoms with van der Waals surface area (Å²) in [7, 11) is 1.12. The molecule has 0 aromatic carbocycles. The molecule has 0 N–H and O–H groups in total. The molecule has 0 bridgehead atoms. The third-order valence-electron chi connectivity index (χ3n) is 2.78. The van der Waals surface area contributed by atoms with Crippen molar-refractivity contribution in [3.05, 3.63) is 0 Å². The zero-order valence-electron chi connectivity index (χ0n) is 9.47. The van der Waals surface area contributed by atoms with E-state index in [-0.39, 0.29) is 12.5 Å². The lowest BCUT2D eigenvalue weighted by molar-refractivity contribution is -0.180. The van der Waals surface area contributed by atoms with Gasteiger partial charge in [-0.25, -0.2) is 8.78 Å². The molecule has 0 radical (unpaired) electrons. The van der Waals surface area contributed by atoms with Gasteiger partial charge in [-0.1, -0.05) is 0 Å². The van der Waals surface area contributed by atoms with Crippen LogP contribution >= 0.6 is 0 Å². The second-order valence-electron chi connectivity index (χ2n) is 4.17. The predicted octanol–water partition coefficient (Wildman–Crippen LogP) is 1.77. The minimum atomic E-state index is -4.60. The molecule has 1 aliphatic rings. The minimum Gasteiger partial charge on any atom is -0.381 e. The molecule has 1 aliphatic heterocycles. The van der Waals surface area contributed by atoms with E-state index in [0.29, 0.717) is 31.0 Å². The minimum absolute atomic E-state index is 0.0335. The fraction of sp³-hybridized carbons (Fsp3) is 0.900. The van der Waals surface area contributed by atoms with E-state index in [2.05, 4.69) is 0 Å². The fourth-order valence-corrected chi connectivity index (χ4v) is 1.75. The Hall–Kier alpha value is -0.850. The molecule has 0 aromatic rings. The first-order valence-electron chi connectivity index (χ1n) is 5.35. The Kier molecular flexibility index (Phi) is 4.73. The van der Waals surface area contributed by atoms with E-state index in [9.17, 15) is 22.4 Å². The van der Waals surface area contributed by atoms with Gasteiger partial charge in [-0.3, -0.25) is 4.79 Å². The monoisotopic (exact) mass is 257 g/mol. The molecular weight excluding hydrogens is 242 g/mol. The van der Waals surface area contributed by atoms with Gasteiger partial charge in [-0.2, -0.15) is 8.78 Å². The Morgan fingerprint density at radius 1 is 1.41 bits per heavy atom. The summed E-state index contributed by atoms with van der Waals surface area (Å²) >= 11 is 0. The van der Waals surface area contributed by atoms with Crippen molar-refractivity contribution in [3.63, 3.8) is 0 Å². The number of hydrogen-bond acceptors (Lipinski definition) is 2. The van der Waals surface area contributed by atoms with E-state index in [1.807, 2.05) is 0 Å². The lowest BCUT2D eigenvalue weighted by Gasteiger charge is -2.29. The molecule has 1 heterocycles. The van der Waals surface area contributed by atoms with Crippen LogP contribution < -0.4 is 0 Å². The molecule has 0 spiro atoms. The summed E-state index contributed by atoms with van der Waals surface area (Å²) in [5, 5.41) is 0. The van der Waals surface area contributed by atoms with Crippen LogP contribution in [0, 0.1) is 5.92 Å². The van der Waals surface area contributed by atoms with Gasteiger partial charge >= 0.3 is 12.3 Å². The van der Waals surface area contributed by atoms with Crippen molar-refractivity contribution in [2.75, 3.05) is 26.8 Å². The number of amides is 1. The zero-order chi connectivity index (χ0) is 13.1. The summed E-state index contributed by atoms with van der Waals surface area (Å²) in [5.74, 6) is -6.38. The van der Waals surface area contributed by atoms with Crippen molar-refractivity contribution in [2.45, 2.75) is 25.2 Å². The summed E-state index contributed by atoms with van der Waals surface area (Å²) in [4.78, 5) is 11.8. The number of carbonyl (C=O) groups excluding carboxylic acids is 1. The molecular formula is C10H15F4NO2. The molecule has 1 saturated heterocycles. The number of ether oxygens (including phenoxy) is 1. The molecule has 1 fully saturated rings. The third-order valence-corrected chi connectivity index (χ3v) is 2.78. The van der Waals surface area contributed by atoms with Gasteiger partial charge in [0.25, 0.3) is 5.91 Å². The highest BCUT2D eigenvalue weighted by Crippen LogP contribution is 2.26.